The van der Waals surface area contributed by atoms with Crippen molar-refractivity contribution in [3.8, 4) is 0 Å². The highest BCUT2D eigenvalue weighted by Crippen LogP contribution is 2.14. The number of hydrogen-bond donors (Lipinski definition) is 1. The van der Waals surface area contributed by atoms with Gasteiger partial charge in [0.15, 0.2) is 0 Å². The summed E-state index contributed by atoms with van der Waals surface area (Å²) in [7, 11) is 0. The van der Waals surface area contributed by atoms with Gasteiger partial charge in [-0.25, -0.2) is 4.98 Å². The highest BCUT2D eigenvalue weighted by Gasteiger charge is 2.05. The summed E-state index contributed by atoms with van der Waals surface area (Å²) in [6, 6.07) is 4.27. The van der Waals surface area contributed by atoms with Gasteiger partial charge in [0, 0.05) is 23.8 Å². The number of aromatic nitrogens is 2. The van der Waals surface area contributed by atoms with Crippen LogP contribution in [0.15, 0.2) is 23.7 Å². The molecular weight excluding hydrogens is 242 g/mol. The minimum absolute atomic E-state index is 0.883. The molecule has 0 saturated carbocycles. The summed E-state index contributed by atoms with van der Waals surface area (Å²) in [5.41, 5.74) is 2.50. The van der Waals surface area contributed by atoms with E-state index in [0.717, 1.165) is 26.1 Å². The van der Waals surface area contributed by atoms with Crippen LogP contribution >= 0.6 is 11.3 Å². The molecule has 3 nitrogen and oxygen atoms in total. The maximum absolute atomic E-state index is 4.67. The Labute approximate surface area is 113 Å². The molecule has 2 heterocycles. The Morgan fingerprint density at radius 2 is 2.28 bits per heavy atom. The number of aryl methyl sites for hydroxylation is 1. The molecule has 0 aliphatic heterocycles. The van der Waals surface area contributed by atoms with Gasteiger partial charge in [0.05, 0.1) is 17.2 Å². The molecule has 4 heteroatoms. The lowest BCUT2D eigenvalue weighted by atomic mass is 10.3. The molecule has 1 N–H and O–H groups in total. The summed E-state index contributed by atoms with van der Waals surface area (Å²) in [4.78, 5) is 4.67. The maximum Gasteiger partial charge on any atom is 0.0928 e. The summed E-state index contributed by atoms with van der Waals surface area (Å²) >= 11 is 1.78. The fraction of sp³-hybridized carbons (Fsp3) is 0.500. The Morgan fingerprint density at radius 3 is 3.06 bits per heavy atom. The lowest BCUT2D eigenvalue weighted by Gasteiger charge is -2.07. The third-order valence-corrected chi connectivity index (χ3v) is 3.83. The normalized spacial score (nSPS) is 11.0. The molecule has 0 saturated heterocycles. The van der Waals surface area contributed by atoms with Gasteiger partial charge in [-0.2, -0.15) is 0 Å². The van der Waals surface area contributed by atoms with Gasteiger partial charge >= 0.3 is 0 Å². The van der Waals surface area contributed by atoms with E-state index in [1.165, 1.54) is 22.8 Å². The van der Waals surface area contributed by atoms with Crippen molar-refractivity contribution < 1.29 is 0 Å². The van der Waals surface area contributed by atoms with E-state index in [9.17, 15) is 0 Å². The highest BCUT2D eigenvalue weighted by molar-refractivity contribution is 7.09. The SMILES string of the molecule is CCCc1nc(Cn2cccc2CNCC)cs1. The van der Waals surface area contributed by atoms with Gasteiger partial charge in [0.25, 0.3) is 0 Å². The highest BCUT2D eigenvalue weighted by atomic mass is 32.1. The van der Waals surface area contributed by atoms with Crippen LogP contribution in [0.25, 0.3) is 0 Å². The minimum atomic E-state index is 0.883. The van der Waals surface area contributed by atoms with Crippen molar-refractivity contribution >= 4 is 11.3 Å². The molecule has 0 aliphatic carbocycles. The van der Waals surface area contributed by atoms with Crippen molar-refractivity contribution in [1.82, 2.24) is 14.9 Å². The van der Waals surface area contributed by atoms with Crippen molar-refractivity contribution in [3.63, 3.8) is 0 Å². The first-order valence-electron chi connectivity index (χ1n) is 6.61. The van der Waals surface area contributed by atoms with Crippen LogP contribution in [-0.4, -0.2) is 16.1 Å². The number of thiazole rings is 1. The van der Waals surface area contributed by atoms with Gasteiger partial charge in [-0.05, 0) is 31.5 Å². The third kappa shape index (κ3) is 3.43. The molecule has 0 aromatic carbocycles. The smallest absolute Gasteiger partial charge is 0.0928 e. The lowest BCUT2D eigenvalue weighted by Crippen LogP contribution is -2.15. The zero-order valence-corrected chi connectivity index (χ0v) is 12.0. The third-order valence-electron chi connectivity index (χ3n) is 2.88. The summed E-state index contributed by atoms with van der Waals surface area (Å²) in [6.07, 6.45) is 4.40. The molecule has 0 spiro atoms. The molecule has 0 aliphatic rings. The number of rotatable bonds is 7. The van der Waals surface area contributed by atoms with Gasteiger partial charge in [0.2, 0.25) is 0 Å². The van der Waals surface area contributed by atoms with Crippen LogP contribution in [0, 0.1) is 0 Å². The van der Waals surface area contributed by atoms with Gasteiger partial charge < -0.3 is 9.88 Å². The summed E-state index contributed by atoms with van der Waals surface area (Å²) < 4.78 is 2.27. The van der Waals surface area contributed by atoms with E-state index in [0.29, 0.717) is 0 Å². The minimum Gasteiger partial charge on any atom is -0.344 e. The Hall–Kier alpha value is -1.13. The molecule has 2 aromatic rings. The summed E-state index contributed by atoms with van der Waals surface area (Å²) in [5, 5.41) is 6.80. The van der Waals surface area contributed by atoms with Gasteiger partial charge in [-0.3, -0.25) is 0 Å². The van der Waals surface area contributed by atoms with Crippen molar-refractivity contribution in [2.75, 3.05) is 6.54 Å². The van der Waals surface area contributed by atoms with Crippen molar-refractivity contribution in [2.24, 2.45) is 0 Å². The topological polar surface area (TPSA) is 29.9 Å². The first-order valence-corrected chi connectivity index (χ1v) is 7.49. The fourth-order valence-corrected chi connectivity index (χ4v) is 2.83. The predicted octanol–water partition coefficient (Wildman–Crippen LogP) is 3.05. The molecule has 2 aromatic heterocycles. The molecule has 0 bridgehead atoms. The molecule has 0 fully saturated rings. The molecule has 98 valence electrons. The van der Waals surface area contributed by atoms with Crippen LogP contribution in [0.2, 0.25) is 0 Å². The van der Waals surface area contributed by atoms with Crippen LogP contribution in [0.3, 0.4) is 0 Å². The maximum atomic E-state index is 4.67. The second-order valence-electron chi connectivity index (χ2n) is 4.39. The van der Waals surface area contributed by atoms with E-state index in [1.54, 1.807) is 11.3 Å². The second kappa shape index (κ2) is 6.71. The largest absolute Gasteiger partial charge is 0.344 e. The second-order valence-corrected chi connectivity index (χ2v) is 5.33. The molecule has 0 unspecified atom stereocenters. The average molecular weight is 263 g/mol. The Kier molecular flexibility index (Phi) is 4.96. The van der Waals surface area contributed by atoms with Crippen molar-refractivity contribution in [1.29, 1.82) is 0 Å². The molecule has 0 radical (unpaired) electrons. The first-order chi connectivity index (χ1) is 8.83. The summed E-state index contributed by atoms with van der Waals surface area (Å²) in [5.74, 6) is 0. The van der Waals surface area contributed by atoms with E-state index in [4.69, 9.17) is 0 Å². The number of nitrogens with one attached hydrogen (secondary N) is 1. The van der Waals surface area contributed by atoms with Crippen LogP contribution in [-0.2, 0) is 19.5 Å². The molecule has 18 heavy (non-hydrogen) atoms. The quantitative estimate of drug-likeness (QED) is 0.832. The average Bonchev–Trinajstić information content (AvgIpc) is 2.98. The summed E-state index contributed by atoms with van der Waals surface area (Å²) in [6.45, 7) is 7.14. The van der Waals surface area contributed by atoms with Crippen LogP contribution in [0.5, 0.6) is 0 Å². The fourth-order valence-electron chi connectivity index (χ4n) is 1.94. The zero-order valence-electron chi connectivity index (χ0n) is 11.1. The van der Waals surface area contributed by atoms with Gasteiger partial charge in [0.1, 0.15) is 0 Å². The molecule has 0 atom stereocenters. The lowest BCUT2D eigenvalue weighted by molar-refractivity contribution is 0.652. The predicted molar refractivity (Wildman–Crippen MR) is 77.0 cm³/mol. The van der Waals surface area contributed by atoms with Crippen molar-refractivity contribution in [3.05, 3.63) is 40.1 Å². The molecular formula is C14H21N3S. The standard InChI is InChI=1S/C14H21N3S/c1-3-6-14-16-12(11-18-14)10-17-8-5-7-13(17)9-15-4-2/h5,7-8,11,15H,3-4,6,9-10H2,1-2H3. The van der Waals surface area contributed by atoms with Crippen molar-refractivity contribution in [2.45, 2.75) is 39.8 Å². The van der Waals surface area contributed by atoms with Gasteiger partial charge in [-0.1, -0.05) is 13.8 Å². The Morgan fingerprint density at radius 1 is 1.39 bits per heavy atom. The molecule has 2 rings (SSSR count). The Balaban J connectivity index is 2.01. The van der Waals surface area contributed by atoms with E-state index in [2.05, 4.69) is 52.4 Å². The van der Waals surface area contributed by atoms with Gasteiger partial charge in [-0.15, -0.1) is 11.3 Å². The number of nitrogens with zero attached hydrogens (tertiary/aromatic N) is 2. The number of hydrogen-bond acceptors (Lipinski definition) is 3. The zero-order chi connectivity index (χ0) is 12.8. The van der Waals surface area contributed by atoms with E-state index >= 15 is 0 Å². The van der Waals surface area contributed by atoms with Crippen LogP contribution in [0.1, 0.15) is 36.7 Å². The van der Waals surface area contributed by atoms with E-state index in [1.807, 2.05) is 0 Å². The van der Waals surface area contributed by atoms with Crippen LogP contribution in [0.4, 0.5) is 0 Å². The van der Waals surface area contributed by atoms with E-state index in [-0.39, 0.29) is 0 Å². The molecule has 0 amide bonds. The van der Waals surface area contributed by atoms with E-state index < -0.39 is 0 Å². The monoisotopic (exact) mass is 263 g/mol. The van der Waals surface area contributed by atoms with Crippen LogP contribution < -0.4 is 5.32 Å². The first kappa shape index (κ1) is 13.3. The Bertz CT molecular complexity index is 473.